The minimum atomic E-state index is -0.852. The number of carbonyl (C=O) groups is 2. The Morgan fingerprint density at radius 3 is 1.28 bits per heavy atom. The maximum atomic E-state index is 12.4. The van der Waals surface area contributed by atoms with Crippen molar-refractivity contribution in [2.75, 3.05) is 13.2 Å². The van der Waals surface area contributed by atoms with E-state index < -0.39 is 12.1 Å². The summed E-state index contributed by atoms with van der Waals surface area (Å²) in [7, 11) is 0. The van der Waals surface area contributed by atoms with E-state index in [2.05, 4.69) is 55.6 Å². The van der Waals surface area contributed by atoms with Crippen LogP contribution in [0.1, 0.15) is 264 Å². The first kappa shape index (κ1) is 58.8. The van der Waals surface area contributed by atoms with Gasteiger partial charge in [-0.1, -0.05) is 210 Å². The molecule has 61 heavy (non-hydrogen) atoms. The van der Waals surface area contributed by atoms with Crippen LogP contribution in [0.25, 0.3) is 0 Å². The molecule has 2 unspecified atom stereocenters. The van der Waals surface area contributed by atoms with E-state index in [9.17, 15) is 19.8 Å². The number of unbranched alkanes of at least 4 members (excludes halogenated alkanes) is 31. The van der Waals surface area contributed by atoms with Crippen LogP contribution >= 0.6 is 0 Å². The van der Waals surface area contributed by atoms with Gasteiger partial charge in [0.25, 0.3) is 0 Å². The zero-order chi connectivity index (χ0) is 44.4. The van der Waals surface area contributed by atoms with Crippen LogP contribution in [0.15, 0.2) is 48.6 Å². The molecule has 0 aromatic rings. The fraction of sp³-hybridized carbons (Fsp3) is 0.818. The second kappa shape index (κ2) is 50.5. The summed E-state index contributed by atoms with van der Waals surface area (Å²) in [6, 6.07) is -0.637. The van der Waals surface area contributed by atoms with Crippen molar-refractivity contribution in [1.82, 2.24) is 5.32 Å². The monoisotopic (exact) mass is 856 g/mol. The molecule has 1 amide bonds. The van der Waals surface area contributed by atoms with E-state index in [1.807, 2.05) is 6.08 Å². The van der Waals surface area contributed by atoms with Crippen LogP contribution in [0.5, 0.6) is 0 Å². The number of nitrogens with one attached hydrogen (secondary N) is 1. The molecule has 0 aromatic carbocycles. The molecule has 0 fully saturated rings. The van der Waals surface area contributed by atoms with Crippen LogP contribution in [0, 0.1) is 0 Å². The van der Waals surface area contributed by atoms with Crippen LogP contribution in [0.2, 0.25) is 0 Å². The van der Waals surface area contributed by atoms with Gasteiger partial charge in [0.1, 0.15) is 0 Å². The minimum absolute atomic E-state index is 0.0124. The highest BCUT2D eigenvalue weighted by Crippen LogP contribution is 2.14. The van der Waals surface area contributed by atoms with Crippen molar-refractivity contribution < 1.29 is 24.5 Å². The predicted octanol–water partition coefficient (Wildman–Crippen LogP) is 15.8. The molecule has 0 bridgehead atoms. The van der Waals surface area contributed by atoms with Crippen molar-refractivity contribution in [2.24, 2.45) is 0 Å². The second-order valence-electron chi connectivity index (χ2n) is 17.8. The Kier molecular flexibility index (Phi) is 48.7. The smallest absolute Gasteiger partial charge is 0.305 e. The predicted molar refractivity (Wildman–Crippen MR) is 264 cm³/mol. The van der Waals surface area contributed by atoms with Gasteiger partial charge >= 0.3 is 5.97 Å². The van der Waals surface area contributed by atoms with E-state index >= 15 is 0 Å². The number of hydrogen-bond donors (Lipinski definition) is 3. The number of rotatable bonds is 48. The lowest BCUT2D eigenvalue weighted by Gasteiger charge is -2.20. The van der Waals surface area contributed by atoms with E-state index in [1.54, 1.807) is 6.08 Å². The zero-order valence-corrected chi connectivity index (χ0v) is 40.4. The standard InChI is InChI=1S/C55H101NO5/c1-3-5-7-9-11-13-15-16-17-23-26-29-33-37-41-45-49-55(60)61-50-46-42-38-34-30-27-24-21-19-18-20-22-25-28-32-36-40-44-48-54(59)56-52(51-57)53(58)47-43-39-35-31-14-12-10-8-6-4-2/h13,15,17,20,22-23,43,47,52-53,57-58H,3-12,14,16,18-19,21,24-42,44-46,48-51H2,1-2H3,(H,56,59)/b15-13-,22-20-,23-17-,47-43+. The Morgan fingerprint density at radius 2 is 0.820 bits per heavy atom. The lowest BCUT2D eigenvalue weighted by atomic mass is 10.1. The van der Waals surface area contributed by atoms with Gasteiger partial charge in [-0.15, -0.1) is 0 Å². The van der Waals surface area contributed by atoms with Gasteiger partial charge in [-0.05, 0) is 89.9 Å². The third kappa shape index (κ3) is 47.1. The average molecular weight is 856 g/mol. The normalized spacial score (nSPS) is 13.0. The van der Waals surface area contributed by atoms with Crippen molar-refractivity contribution in [3.63, 3.8) is 0 Å². The lowest BCUT2D eigenvalue weighted by Crippen LogP contribution is -2.45. The van der Waals surface area contributed by atoms with Gasteiger partial charge in [-0.2, -0.15) is 0 Å². The Labute approximate surface area is 378 Å². The molecule has 0 aliphatic rings. The Morgan fingerprint density at radius 1 is 0.459 bits per heavy atom. The summed E-state index contributed by atoms with van der Waals surface area (Å²) in [5.41, 5.74) is 0. The molecule has 6 heteroatoms. The number of esters is 1. The van der Waals surface area contributed by atoms with E-state index in [0.717, 1.165) is 70.6 Å². The lowest BCUT2D eigenvalue weighted by molar-refractivity contribution is -0.143. The third-order valence-corrected chi connectivity index (χ3v) is 11.8. The topological polar surface area (TPSA) is 95.9 Å². The molecule has 2 atom stereocenters. The Bertz CT molecular complexity index is 1040. The summed E-state index contributed by atoms with van der Waals surface area (Å²) in [4.78, 5) is 24.4. The number of amides is 1. The van der Waals surface area contributed by atoms with Crippen molar-refractivity contribution in [3.8, 4) is 0 Å². The summed E-state index contributed by atoms with van der Waals surface area (Å²) in [6.45, 7) is 4.83. The summed E-state index contributed by atoms with van der Waals surface area (Å²) >= 11 is 0. The number of ether oxygens (including phenoxy) is 1. The minimum Gasteiger partial charge on any atom is -0.466 e. The van der Waals surface area contributed by atoms with E-state index in [0.29, 0.717) is 19.4 Å². The molecule has 0 radical (unpaired) electrons. The number of aliphatic hydroxyl groups excluding tert-OH is 2. The van der Waals surface area contributed by atoms with Crippen molar-refractivity contribution in [3.05, 3.63) is 48.6 Å². The first-order valence-electron chi connectivity index (χ1n) is 26.4. The highest BCUT2D eigenvalue weighted by atomic mass is 16.5. The molecule has 0 heterocycles. The Hall–Kier alpha value is -2.18. The first-order valence-corrected chi connectivity index (χ1v) is 26.4. The molecule has 0 aliphatic heterocycles. The van der Waals surface area contributed by atoms with E-state index in [4.69, 9.17) is 4.74 Å². The maximum Gasteiger partial charge on any atom is 0.305 e. The summed E-state index contributed by atoms with van der Waals surface area (Å²) in [5.74, 6) is -0.0984. The molecule has 356 valence electrons. The van der Waals surface area contributed by atoms with Gasteiger partial charge < -0.3 is 20.3 Å². The molecular formula is C55H101NO5. The van der Waals surface area contributed by atoms with E-state index in [1.165, 1.54) is 167 Å². The van der Waals surface area contributed by atoms with Gasteiger partial charge in [0, 0.05) is 12.8 Å². The van der Waals surface area contributed by atoms with Gasteiger partial charge in [0.15, 0.2) is 0 Å². The number of aliphatic hydroxyl groups is 2. The SMILES string of the molecule is CCCCCC/C=C\C/C=C\CCCCCCCC(=O)OCCCCCCCCCCC/C=C\CCCCCCCC(=O)NC(CO)C(O)/C=C/CCCCCCCCCC. The highest BCUT2D eigenvalue weighted by molar-refractivity contribution is 5.76. The second-order valence-corrected chi connectivity index (χ2v) is 17.8. The molecular weight excluding hydrogens is 755 g/mol. The fourth-order valence-corrected chi connectivity index (χ4v) is 7.71. The number of hydrogen-bond acceptors (Lipinski definition) is 5. The third-order valence-electron chi connectivity index (χ3n) is 11.8. The van der Waals surface area contributed by atoms with Gasteiger partial charge in [0.2, 0.25) is 5.91 Å². The molecule has 0 saturated heterocycles. The molecule has 3 N–H and O–H groups in total. The quantitative estimate of drug-likeness (QED) is 0.0322. The molecule has 6 nitrogen and oxygen atoms in total. The van der Waals surface area contributed by atoms with Gasteiger partial charge in [0.05, 0.1) is 25.4 Å². The van der Waals surface area contributed by atoms with Crippen molar-refractivity contribution in [1.29, 1.82) is 0 Å². The summed E-state index contributed by atoms with van der Waals surface area (Å²) < 4.78 is 5.46. The fourth-order valence-electron chi connectivity index (χ4n) is 7.71. The summed E-state index contributed by atoms with van der Waals surface area (Å²) in [5, 5.41) is 22.9. The van der Waals surface area contributed by atoms with Gasteiger partial charge in [-0.25, -0.2) is 0 Å². The van der Waals surface area contributed by atoms with E-state index in [-0.39, 0.29) is 18.5 Å². The van der Waals surface area contributed by atoms with Crippen molar-refractivity contribution >= 4 is 11.9 Å². The van der Waals surface area contributed by atoms with Crippen LogP contribution in [-0.2, 0) is 14.3 Å². The van der Waals surface area contributed by atoms with Crippen LogP contribution in [0.4, 0.5) is 0 Å². The number of allylic oxidation sites excluding steroid dienone is 7. The molecule has 0 aromatic heterocycles. The largest absolute Gasteiger partial charge is 0.466 e. The average Bonchev–Trinajstić information content (AvgIpc) is 3.26. The number of carbonyl (C=O) groups excluding carboxylic acids is 2. The first-order chi connectivity index (χ1) is 30.0. The van der Waals surface area contributed by atoms with Crippen LogP contribution in [0.3, 0.4) is 0 Å². The maximum absolute atomic E-state index is 12.4. The van der Waals surface area contributed by atoms with Crippen molar-refractivity contribution in [2.45, 2.75) is 276 Å². The Balaban J connectivity index is 3.47. The summed E-state index contributed by atoms with van der Waals surface area (Å²) in [6.07, 6.45) is 62.6. The molecule has 0 aliphatic carbocycles. The van der Waals surface area contributed by atoms with Crippen LogP contribution < -0.4 is 5.32 Å². The zero-order valence-electron chi connectivity index (χ0n) is 40.4. The molecule has 0 rings (SSSR count). The van der Waals surface area contributed by atoms with Crippen LogP contribution in [-0.4, -0.2) is 47.4 Å². The highest BCUT2D eigenvalue weighted by Gasteiger charge is 2.18. The van der Waals surface area contributed by atoms with Gasteiger partial charge in [-0.3, -0.25) is 9.59 Å². The molecule has 0 spiro atoms. The molecule has 0 saturated carbocycles.